The molecule has 0 aliphatic carbocycles. The van der Waals surface area contributed by atoms with Gasteiger partial charge in [0.1, 0.15) is 21.4 Å². The van der Waals surface area contributed by atoms with E-state index in [4.69, 9.17) is 0 Å². The standard InChI is InChI=1S/C13H18N4O2S/c1-10(2)12-14-5-4-11(16-12)13-15-6-7-17(13)8-9-20(3,18)19/h4-7,10H,8-9H2,1-3H3. The van der Waals surface area contributed by atoms with Crippen molar-refractivity contribution in [2.75, 3.05) is 12.0 Å². The molecule has 0 N–H and O–H groups in total. The van der Waals surface area contributed by atoms with E-state index in [-0.39, 0.29) is 11.7 Å². The monoisotopic (exact) mass is 294 g/mol. The Hall–Kier alpha value is -1.76. The molecule has 2 aromatic rings. The number of imidazole rings is 1. The van der Waals surface area contributed by atoms with Crippen LogP contribution in [0.4, 0.5) is 0 Å². The Morgan fingerprint density at radius 3 is 2.65 bits per heavy atom. The quantitative estimate of drug-likeness (QED) is 0.835. The largest absolute Gasteiger partial charge is 0.329 e. The van der Waals surface area contributed by atoms with Crippen molar-refractivity contribution in [3.8, 4) is 11.5 Å². The van der Waals surface area contributed by atoms with Crippen molar-refractivity contribution in [1.82, 2.24) is 19.5 Å². The van der Waals surface area contributed by atoms with Gasteiger partial charge in [0.05, 0.1) is 5.75 Å². The highest BCUT2D eigenvalue weighted by Crippen LogP contribution is 2.17. The molecule has 0 aromatic carbocycles. The first-order chi connectivity index (χ1) is 9.37. The average molecular weight is 294 g/mol. The van der Waals surface area contributed by atoms with Crippen molar-refractivity contribution in [3.05, 3.63) is 30.5 Å². The Labute approximate surface area is 118 Å². The van der Waals surface area contributed by atoms with Crippen molar-refractivity contribution in [2.45, 2.75) is 26.3 Å². The lowest BCUT2D eigenvalue weighted by Gasteiger charge is -2.08. The van der Waals surface area contributed by atoms with Crippen LogP contribution in [0.15, 0.2) is 24.7 Å². The maximum absolute atomic E-state index is 11.3. The van der Waals surface area contributed by atoms with Gasteiger partial charge in [0.25, 0.3) is 0 Å². The van der Waals surface area contributed by atoms with Crippen LogP contribution in [-0.4, -0.2) is 39.9 Å². The molecule has 0 aliphatic heterocycles. The SMILES string of the molecule is CC(C)c1nccc(-c2nccn2CCS(C)(=O)=O)n1. The summed E-state index contributed by atoms with van der Waals surface area (Å²) >= 11 is 0. The summed E-state index contributed by atoms with van der Waals surface area (Å²) in [5, 5.41) is 0. The van der Waals surface area contributed by atoms with Gasteiger partial charge in [-0.1, -0.05) is 13.8 Å². The summed E-state index contributed by atoms with van der Waals surface area (Å²) in [6.45, 7) is 4.42. The number of sulfone groups is 1. The maximum Gasteiger partial charge on any atom is 0.158 e. The molecule has 0 saturated heterocycles. The van der Waals surface area contributed by atoms with E-state index in [1.165, 1.54) is 6.26 Å². The van der Waals surface area contributed by atoms with Crippen molar-refractivity contribution in [1.29, 1.82) is 0 Å². The Morgan fingerprint density at radius 2 is 2.00 bits per heavy atom. The van der Waals surface area contributed by atoms with Gasteiger partial charge >= 0.3 is 0 Å². The topological polar surface area (TPSA) is 77.7 Å². The molecule has 2 aromatic heterocycles. The van der Waals surface area contributed by atoms with E-state index in [0.717, 1.165) is 5.82 Å². The van der Waals surface area contributed by atoms with Crippen molar-refractivity contribution in [2.24, 2.45) is 0 Å². The number of nitrogens with zero attached hydrogens (tertiary/aromatic N) is 4. The van der Waals surface area contributed by atoms with E-state index in [2.05, 4.69) is 15.0 Å². The third-order valence-electron chi connectivity index (χ3n) is 2.84. The van der Waals surface area contributed by atoms with Crippen LogP contribution in [0, 0.1) is 0 Å². The summed E-state index contributed by atoms with van der Waals surface area (Å²) in [5.74, 6) is 1.73. The number of hydrogen-bond acceptors (Lipinski definition) is 5. The second kappa shape index (κ2) is 5.70. The highest BCUT2D eigenvalue weighted by Gasteiger charge is 2.11. The summed E-state index contributed by atoms with van der Waals surface area (Å²) < 4.78 is 24.3. The highest BCUT2D eigenvalue weighted by molar-refractivity contribution is 7.90. The van der Waals surface area contributed by atoms with Gasteiger partial charge in [-0.25, -0.2) is 23.4 Å². The van der Waals surface area contributed by atoms with Gasteiger partial charge in [-0.15, -0.1) is 0 Å². The Kier molecular flexibility index (Phi) is 4.17. The molecule has 0 atom stereocenters. The molecule has 2 heterocycles. The van der Waals surface area contributed by atoms with Crippen LogP contribution in [0.25, 0.3) is 11.5 Å². The molecule has 6 nitrogen and oxygen atoms in total. The van der Waals surface area contributed by atoms with Crippen molar-refractivity contribution < 1.29 is 8.42 Å². The zero-order chi connectivity index (χ0) is 14.8. The van der Waals surface area contributed by atoms with Gasteiger partial charge < -0.3 is 4.57 Å². The van der Waals surface area contributed by atoms with Crippen LogP contribution >= 0.6 is 0 Å². The molecule has 0 bridgehead atoms. The van der Waals surface area contributed by atoms with Crippen LogP contribution in [0.1, 0.15) is 25.6 Å². The van der Waals surface area contributed by atoms with Gasteiger partial charge in [0.2, 0.25) is 0 Å². The average Bonchev–Trinajstić information content (AvgIpc) is 2.84. The normalized spacial score (nSPS) is 12.0. The highest BCUT2D eigenvalue weighted by atomic mass is 32.2. The lowest BCUT2D eigenvalue weighted by atomic mass is 10.2. The van der Waals surface area contributed by atoms with Gasteiger partial charge in [-0.3, -0.25) is 0 Å². The second-order valence-corrected chi connectivity index (χ2v) is 7.29. The first-order valence-corrected chi connectivity index (χ1v) is 8.45. The zero-order valence-electron chi connectivity index (χ0n) is 11.8. The Bertz CT molecular complexity index is 692. The first kappa shape index (κ1) is 14.6. The summed E-state index contributed by atoms with van der Waals surface area (Å²) in [5.41, 5.74) is 0.710. The second-order valence-electron chi connectivity index (χ2n) is 5.03. The molecule has 7 heteroatoms. The number of aryl methyl sites for hydroxylation is 1. The summed E-state index contributed by atoms with van der Waals surface area (Å²) in [6.07, 6.45) is 6.34. The fraction of sp³-hybridized carbons (Fsp3) is 0.462. The summed E-state index contributed by atoms with van der Waals surface area (Å²) in [6, 6.07) is 1.78. The van der Waals surface area contributed by atoms with Crippen molar-refractivity contribution >= 4 is 9.84 Å². The molecule has 0 fully saturated rings. The number of aromatic nitrogens is 4. The molecule has 108 valence electrons. The van der Waals surface area contributed by atoms with E-state index in [1.54, 1.807) is 29.2 Å². The summed E-state index contributed by atoms with van der Waals surface area (Å²) in [7, 11) is -3.00. The van der Waals surface area contributed by atoms with Gasteiger partial charge in [0, 0.05) is 37.3 Å². The molecule has 0 saturated carbocycles. The molecule has 0 aliphatic rings. The van der Waals surface area contributed by atoms with E-state index in [9.17, 15) is 8.42 Å². The molecule has 0 radical (unpaired) electrons. The Morgan fingerprint density at radius 1 is 1.25 bits per heavy atom. The summed E-state index contributed by atoms with van der Waals surface area (Å²) in [4.78, 5) is 13.0. The lowest BCUT2D eigenvalue weighted by Crippen LogP contribution is -2.12. The molecule has 0 spiro atoms. The molecule has 0 unspecified atom stereocenters. The zero-order valence-corrected chi connectivity index (χ0v) is 12.6. The minimum Gasteiger partial charge on any atom is -0.329 e. The first-order valence-electron chi connectivity index (χ1n) is 6.39. The number of hydrogen-bond donors (Lipinski definition) is 0. The lowest BCUT2D eigenvalue weighted by molar-refractivity contribution is 0.595. The van der Waals surface area contributed by atoms with Crippen LogP contribution in [0.3, 0.4) is 0 Å². The predicted octanol–water partition coefficient (Wildman–Crippen LogP) is 1.51. The minimum absolute atomic E-state index is 0.0818. The third-order valence-corrected chi connectivity index (χ3v) is 3.76. The van der Waals surface area contributed by atoms with Crippen molar-refractivity contribution in [3.63, 3.8) is 0 Å². The van der Waals surface area contributed by atoms with E-state index in [0.29, 0.717) is 18.1 Å². The van der Waals surface area contributed by atoms with E-state index < -0.39 is 9.84 Å². The van der Waals surface area contributed by atoms with Crippen LogP contribution < -0.4 is 0 Å². The molecular weight excluding hydrogens is 276 g/mol. The fourth-order valence-corrected chi connectivity index (χ4v) is 2.29. The van der Waals surface area contributed by atoms with E-state index in [1.807, 2.05) is 13.8 Å². The minimum atomic E-state index is -3.00. The van der Waals surface area contributed by atoms with Gasteiger partial charge in [-0.05, 0) is 6.07 Å². The van der Waals surface area contributed by atoms with Crippen LogP contribution in [-0.2, 0) is 16.4 Å². The smallest absolute Gasteiger partial charge is 0.158 e. The predicted molar refractivity (Wildman–Crippen MR) is 77.1 cm³/mol. The maximum atomic E-state index is 11.3. The van der Waals surface area contributed by atoms with Gasteiger partial charge in [0.15, 0.2) is 5.82 Å². The van der Waals surface area contributed by atoms with Gasteiger partial charge in [-0.2, -0.15) is 0 Å². The van der Waals surface area contributed by atoms with Crippen LogP contribution in [0.5, 0.6) is 0 Å². The molecule has 0 amide bonds. The molecular formula is C13H18N4O2S. The molecule has 2 rings (SSSR count). The van der Waals surface area contributed by atoms with E-state index >= 15 is 0 Å². The fourth-order valence-electron chi connectivity index (χ4n) is 1.76. The molecule has 20 heavy (non-hydrogen) atoms. The Balaban J connectivity index is 2.30. The van der Waals surface area contributed by atoms with Crippen LogP contribution in [0.2, 0.25) is 0 Å². The third kappa shape index (κ3) is 3.63. The number of rotatable bonds is 5.